The Bertz CT molecular complexity index is 1270. The number of carbonyl (C=O) groups is 1. The first kappa shape index (κ1) is 20.1. The quantitative estimate of drug-likeness (QED) is 0.434. The molecule has 5 rings (SSSR count). The summed E-state index contributed by atoms with van der Waals surface area (Å²) in [4.78, 5) is 12.6. The summed E-state index contributed by atoms with van der Waals surface area (Å²) in [6.45, 7) is 2.17. The number of ether oxygens (including phenoxy) is 2. The first-order valence-electron chi connectivity index (χ1n) is 10.1. The molecule has 2 heterocycles. The molecule has 0 radical (unpaired) electrons. The molecule has 0 atom stereocenters. The maximum atomic E-state index is 12.6. The van der Waals surface area contributed by atoms with Gasteiger partial charge >= 0.3 is 0 Å². The summed E-state index contributed by atoms with van der Waals surface area (Å²) in [5.74, 6) is 2.16. The number of nitrogens with one attached hydrogen (secondary N) is 1. The van der Waals surface area contributed by atoms with Crippen LogP contribution in [0.4, 0.5) is 5.69 Å². The van der Waals surface area contributed by atoms with Gasteiger partial charge in [-0.1, -0.05) is 48.2 Å². The molecule has 1 N–H and O–H groups in total. The monoisotopic (exact) mass is 444 g/mol. The molecule has 7 nitrogen and oxygen atoms in total. The van der Waals surface area contributed by atoms with Gasteiger partial charge in [-0.15, -0.1) is 10.2 Å². The minimum absolute atomic E-state index is 0.100. The zero-order chi connectivity index (χ0) is 21.9. The van der Waals surface area contributed by atoms with Crippen molar-refractivity contribution in [3.8, 4) is 28.6 Å². The summed E-state index contributed by atoms with van der Waals surface area (Å²) in [6.07, 6.45) is 0. The molecule has 8 heteroatoms. The van der Waals surface area contributed by atoms with Gasteiger partial charge in [0.25, 0.3) is 0 Å². The van der Waals surface area contributed by atoms with Crippen molar-refractivity contribution in [2.45, 2.75) is 12.1 Å². The molecule has 32 heavy (non-hydrogen) atoms. The molecular weight excluding hydrogens is 424 g/mol. The molecule has 0 bridgehead atoms. The van der Waals surface area contributed by atoms with E-state index in [9.17, 15) is 4.79 Å². The van der Waals surface area contributed by atoms with Gasteiger partial charge in [-0.3, -0.25) is 9.36 Å². The van der Waals surface area contributed by atoms with Crippen LogP contribution >= 0.6 is 11.8 Å². The minimum Gasteiger partial charge on any atom is -0.454 e. The molecule has 4 aromatic rings. The zero-order valence-corrected chi connectivity index (χ0v) is 18.1. The number of hydrogen-bond acceptors (Lipinski definition) is 6. The minimum atomic E-state index is -0.100. The first-order valence-corrected chi connectivity index (χ1v) is 11.1. The molecule has 3 aromatic carbocycles. The van der Waals surface area contributed by atoms with Gasteiger partial charge in [-0.25, -0.2) is 0 Å². The van der Waals surface area contributed by atoms with Gasteiger partial charge < -0.3 is 14.8 Å². The van der Waals surface area contributed by atoms with Crippen LogP contribution < -0.4 is 14.8 Å². The number of benzene rings is 3. The van der Waals surface area contributed by atoms with Crippen molar-refractivity contribution in [1.82, 2.24) is 14.8 Å². The Morgan fingerprint density at radius 2 is 1.78 bits per heavy atom. The van der Waals surface area contributed by atoms with Gasteiger partial charge in [0.05, 0.1) is 5.75 Å². The molecular formula is C24H20N4O3S. The number of aromatic nitrogens is 3. The van der Waals surface area contributed by atoms with Crippen LogP contribution in [0.2, 0.25) is 0 Å². The summed E-state index contributed by atoms with van der Waals surface area (Å²) < 4.78 is 12.9. The van der Waals surface area contributed by atoms with Crippen LogP contribution in [-0.2, 0) is 4.79 Å². The van der Waals surface area contributed by atoms with Crippen molar-refractivity contribution in [1.29, 1.82) is 0 Å². The molecule has 0 saturated carbocycles. The average molecular weight is 445 g/mol. The Morgan fingerprint density at radius 3 is 2.62 bits per heavy atom. The van der Waals surface area contributed by atoms with Crippen molar-refractivity contribution < 1.29 is 14.3 Å². The standard InChI is InChI=1S/C24H20N4O3S/c1-16-7-5-6-10-19(16)25-22(29)14-32-24-27-26-23(28(24)18-8-3-2-4-9-18)17-11-12-20-21(13-17)31-15-30-20/h2-13H,14-15H2,1H3,(H,25,29). The second kappa shape index (κ2) is 8.76. The Morgan fingerprint density at radius 1 is 1.00 bits per heavy atom. The lowest BCUT2D eigenvalue weighted by molar-refractivity contribution is -0.113. The summed E-state index contributed by atoms with van der Waals surface area (Å²) >= 11 is 1.34. The Balaban J connectivity index is 1.43. The van der Waals surface area contributed by atoms with E-state index < -0.39 is 0 Å². The van der Waals surface area contributed by atoms with E-state index in [1.807, 2.05) is 84.3 Å². The molecule has 1 aliphatic heterocycles. The SMILES string of the molecule is Cc1ccccc1NC(=O)CSc1nnc(-c2ccc3c(c2)OCO3)n1-c1ccccc1. The fraction of sp³-hybridized carbons (Fsp3) is 0.125. The molecule has 0 unspecified atom stereocenters. The second-order valence-electron chi connectivity index (χ2n) is 7.20. The fourth-order valence-corrected chi connectivity index (χ4v) is 4.18. The third-order valence-electron chi connectivity index (χ3n) is 5.03. The number of nitrogens with zero attached hydrogens (tertiary/aromatic N) is 3. The van der Waals surface area contributed by atoms with Crippen LogP contribution in [0.15, 0.2) is 78.0 Å². The van der Waals surface area contributed by atoms with Gasteiger partial charge in [0.2, 0.25) is 12.7 Å². The maximum absolute atomic E-state index is 12.6. The van der Waals surface area contributed by atoms with Crippen molar-refractivity contribution in [3.63, 3.8) is 0 Å². The van der Waals surface area contributed by atoms with Gasteiger partial charge in [-0.05, 0) is 48.9 Å². The summed E-state index contributed by atoms with van der Waals surface area (Å²) in [5.41, 5.74) is 3.58. The third kappa shape index (κ3) is 4.04. The van der Waals surface area contributed by atoms with Crippen molar-refractivity contribution in [3.05, 3.63) is 78.4 Å². The van der Waals surface area contributed by atoms with Gasteiger partial charge in [-0.2, -0.15) is 0 Å². The summed E-state index contributed by atoms with van der Waals surface area (Å²) in [6, 6.07) is 23.2. The highest BCUT2D eigenvalue weighted by Crippen LogP contribution is 2.37. The number of amides is 1. The number of fused-ring (bicyclic) bond motifs is 1. The first-order chi connectivity index (χ1) is 15.7. The lowest BCUT2D eigenvalue weighted by atomic mass is 10.2. The van der Waals surface area contributed by atoms with E-state index in [0.29, 0.717) is 22.5 Å². The van der Waals surface area contributed by atoms with E-state index in [0.717, 1.165) is 22.5 Å². The van der Waals surface area contributed by atoms with E-state index in [-0.39, 0.29) is 18.5 Å². The number of carbonyl (C=O) groups excluding carboxylic acids is 1. The largest absolute Gasteiger partial charge is 0.454 e. The van der Waals surface area contributed by atoms with Crippen LogP contribution in [0.1, 0.15) is 5.56 Å². The number of para-hydroxylation sites is 2. The van der Waals surface area contributed by atoms with E-state index >= 15 is 0 Å². The Hall–Kier alpha value is -3.78. The van der Waals surface area contributed by atoms with Crippen molar-refractivity contribution in [2.75, 3.05) is 17.9 Å². The normalized spacial score (nSPS) is 12.0. The van der Waals surface area contributed by atoms with Crippen LogP contribution in [-0.4, -0.2) is 33.2 Å². The van der Waals surface area contributed by atoms with Crippen LogP contribution in [0.3, 0.4) is 0 Å². The number of hydrogen-bond donors (Lipinski definition) is 1. The smallest absolute Gasteiger partial charge is 0.234 e. The highest BCUT2D eigenvalue weighted by molar-refractivity contribution is 7.99. The predicted molar refractivity (Wildman–Crippen MR) is 123 cm³/mol. The molecule has 1 aromatic heterocycles. The molecule has 0 spiro atoms. The molecule has 0 aliphatic carbocycles. The van der Waals surface area contributed by atoms with E-state index in [2.05, 4.69) is 15.5 Å². The highest BCUT2D eigenvalue weighted by Gasteiger charge is 2.20. The van der Waals surface area contributed by atoms with Crippen molar-refractivity contribution >= 4 is 23.4 Å². The van der Waals surface area contributed by atoms with Gasteiger partial charge in [0.1, 0.15) is 0 Å². The predicted octanol–water partition coefficient (Wildman–Crippen LogP) is 4.70. The summed E-state index contributed by atoms with van der Waals surface area (Å²) in [5, 5.41) is 12.4. The highest BCUT2D eigenvalue weighted by atomic mass is 32.2. The maximum Gasteiger partial charge on any atom is 0.234 e. The molecule has 1 amide bonds. The lowest BCUT2D eigenvalue weighted by Gasteiger charge is -2.11. The van der Waals surface area contributed by atoms with E-state index in [1.165, 1.54) is 11.8 Å². The number of anilines is 1. The average Bonchev–Trinajstić information content (AvgIpc) is 3.46. The second-order valence-corrected chi connectivity index (χ2v) is 8.14. The Kier molecular flexibility index (Phi) is 5.51. The topological polar surface area (TPSA) is 78.3 Å². The van der Waals surface area contributed by atoms with Gasteiger partial charge in [0.15, 0.2) is 22.5 Å². The van der Waals surface area contributed by atoms with Crippen LogP contribution in [0, 0.1) is 6.92 Å². The summed E-state index contributed by atoms with van der Waals surface area (Å²) in [7, 11) is 0. The van der Waals surface area contributed by atoms with Crippen molar-refractivity contribution in [2.24, 2.45) is 0 Å². The number of rotatable bonds is 6. The fourth-order valence-electron chi connectivity index (χ4n) is 3.43. The van der Waals surface area contributed by atoms with E-state index in [1.54, 1.807) is 0 Å². The van der Waals surface area contributed by atoms with Crippen LogP contribution in [0.25, 0.3) is 17.1 Å². The molecule has 1 aliphatic rings. The molecule has 0 fully saturated rings. The Labute approximate surface area is 189 Å². The molecule has 0 saturated heterocycles. The molecule has 160 valence electrons. The van der Waals surface area contributed by atoms with Gasteiger partial charge in [0, 0.05) is 16.9 Å². The number of thioether (sulfide) groups is 1. The lowest BCUT2D eigenvalue weighted by Crippen LogP contribution is -2.15. The zero-order valence-electron chi connectivity index (χ0n) is 17.3. The third-order valence-corrected chi connectivity index (χ3v) is 5.96. The van der Waals surface area contributed by atoms with Crippen LogP contribution in [0.5, 0.6) is 11.5 Å². The van der Waals surface area contributed by atoms with E-state index in [4.69, 9.17) is 9.47 Å². The number of aryl methyl sites for hydroxylation is 1.